The number of amides is 1. The lowest BCUT2D eigenvalue weighted by Gasteiger charge is -2.31. The molecule has 26 heavy (non-hydrogen) atoms. The first-order valence-electron chi connectivity index (χ1n) is 9.07. The van der Waals surface area contributed by atoms with Crippen molar-refractivity contribution in [3.05, 3.63) is 34.8 Å². The molecule has 0 radical (unpaired) electrons. The normalized spacial score (nSPS) is 15.8. The molecule has 2 aromatic rings. The van der Waals surface area contributed by atoms with Gasteiger partial charge in [0.2, 0.25) is 11.0 Å². The third-order valence-corrected chi connectivity index (χ3v) is 5.60. The van der Waals surface area contributed by atoms with Crippen LogP contribution < -0.4 is 10.1 Å². The average molecular weight is 375 g/mol. The van der Waals surface area contributed by atoms with Crippen molar-refractivity contribution in [1.82, 2.24) is 15.1 Å². The summed E-state index contributed by atoms with van der Waals surface area (Å²) in [7, 11) is 1.69. The van der Waals surface area contributed by atoms with E-state index in [1.54, 1.807) is 7.11 Å². The van der Waals surface area contributed by atoms with Gasteiger partial charge in [0, 0.05) is 0 Å². The lowest BCUT2D eigenvalue weighted by molar-refractivity contribution is -0.117. The van der Waals surface area contributed by atoms with Gasteiger partial charge in [0.05, 0.1) is 13.7 Å². The largest absolute Gasteiger partial charge is 0.497 e. The number of piperidine rings is 1. The van der Waals surface area contributed by atoms with Gasteiger partial charge in [0.25, 0.3) is 0 Å². The number of ether oxygens (including phenoxy) is 1. The molecule has 0 unspecified atom stereocenters. The molecule has 1 fully saturated rings. The minimum atomic E-state index is -0.00201. The van der Waals surface area contributed by atoms with E-state index in [4.69, 9.17) is 4.74 Å². The molecule has 0 spiro atoms. The van der Waals surface area contributed by atoms with Crippen LogP contribution in [0.4, 0.5) is 5.13 Å². The Bertz CT molecular complexity index is 709. The molecule has 0 aliphatic carbocycles. The molecule has 3 rings (SSSR count). The highest BCUT2D eigenvalue weighted by molar-refractivity contribution is 7.15. The second kappa shape index (κ2) is 9.09. The molecule has 6 nitrogen and oxygen atoms in total. The van der Waals surface area contributed by atoms with E-state index in [0.717, 1.165) is 49.0 Å². The van der Waals surface area contributed by atoms with Crippen LogP contribution in [0.1, 0.15) is 29.8 Å². The lowest BCUT2D eigenvalue weighted by atomic mass is 9.90. The zero-order valence-electron chi connectivity index (χ0n) is 15.4. The Morgan fingerprint density at radius 2 is 2.00 bits per heavy atom. The number of hydrogen-bond acceptors (Lipinski definition) is 6. The van der Waals surface area contributed by atoms with Crippen molar-refractivity contribution in [2.45, 2.75) is 32.6 Å². The van der Waals surface area contributed by atoms with Gasteiger partial charge in [-0.2, -0.15) is 0 Å². The molecule has 1 saturated heterocycles. The summed E-state index contributed by atoms with van der Waals surface area (Å²) in [6, 6.07) is 8.34. The minimum absolute atomic E-state index is 0.00201. The van der Waals surface area contributed by atoms with Gasteiger partial charge in [-0.3, -0.25) is 15.0 Å². The summed E-state index contributed by atoms with van der Waals surface area (Å²) in [5.74, 6) is 1.64. The Labute approximate surface area is 158 Å². The van der Waals surface area contributed by atoms with E-state index in [9.17, 15) is 4.79 Å². The molecular weight excluding hydrogens is 348 g/mol. The summed E-state index contributed by atoms with van der Waals surface area (Å²) in [6.07, 6.45) is 4.62. The van der Waals surface area contributed by atoms with Gasteiger partial charge in [-0.25, -0.2) is 0 Å². The third-order valence-electron chi connectivity index (χ3n) is 4.85. The lowest BCUT2D eigenvalue weighted by Crippen LogP contribution is -2.39. The fourth-order valence-electron chi connectivity index (χ4n) is 3.31. The van der Waals surface area contributed by atoms with Gasteiger partial charge in [0.1, 0.15) is 10.8 Å². The van der Waals surface area contributed by atoms with Crippen molar-refractivity contribution in [3.8, 4) is 5.75 Å². The molecule has 1 aromatic carbocycles. The SMILES string of the molecule is COc1ccc(CCC2CCN(CC(=O)Nc3nnc(C)s3)CC2)cc1. The van der Waals surface area contributed by atoms with Crippen LogP contribution in [-0.4, -0.2) is 47.7 Å². The van der Waals surface area contributed by atoms with Gasteiger partial charge < -0.3 is 4.74 Å². The zero-order valence-corrected chi connectivity index (χ0v) is 16.2. The number of rotatable bonds is 7. The fraction of sp³-hybridized carbons (Fsp3) is 0.526. The van der Waals surface area contributed by atoms with E-state index in [2.05, 4.69) is 32.5 Å². The maximum atomic E-state index is 12.1. The van der Waals surface area contributed by atoms with Gasteiger partial charge in [-0.1, -0.05) is 23.5 Å². The van der Waals surface area contributed by atoms with E-state index >= 15 is 0 Å². The Morgan fingerprint density at radius 1 is 1.27 bits per heavy atom. The smallest absolute Gasteiger partial charge is 0.240 e. The molecule has 0 atom stereocenters. The van der Waals surface area contributed by atoms with Gasteiger partial charge in [0.15, 0.2) is 0 Å². The number of carbonyl (C=O) groups excluding carboxylic acids is 1. The molecule has 0 bridgehead atoms. The Kier molecular flexibility index (Phi) is 6.57. The molecule has 1 aliphatic rings. The molecule has 2 heterocycles. The number of methoxy groups -OCH3 is 1. The maximum Gasteiger partial charge on any atom is 0.240 e. The number of anilines is 1. The average Bonchev–Trinajstić information content (AvgIpc) is 3.06. The van der Waals surface area contributed by atoms with Crippen LogP contribution in [0, 0.1) is 12.8 Å². The van der Waals surface area contributed by atoms with Crippen molar-refractivity contribution in [3.63, 3.8) is 0 Å². The third kappa shape index (κ3) is 5.51. The van der Waals surface area contributed by atoms with Crippen molar-refractivity contribution in [2.24, 2.45) is 5.92 Å². The number of likely N-dealkylation sites (tertiary alicyclic amines) is 1. The van der Waals surface area contributed by atoms with Gasteiger partial charge in [-0.15, -0.1) is 10.2 Å². The highest BCUT2D eigenvalue weighted by Crippen LogP contribution is 2.23. The molecule has 7 heteroatoms. The van der Waals surface area contributed by atoms with E-state index < -0.39 is 0 Å². The number of aromatic nitrogens is 2. The molecule has 1 N–H and O–H groups in total. The summed E-state index contributed by atoms with van der Waals surface area (Å²) in [5, 5.41) is 12.1. The zero-order chi connectivity index (χ0) is 18.4. The van der Waals surface area contributed by atoms with E-state index in [0.29, 0.717) is 11.7 Å². The van der Waals surface area contributed by atoms with Crippen LogP contribution in [0.2, 0.25) is 0 Å². The second-order valence-corrected chi connectivity index (χ2v) is 7.96. The predicted molar refractivity (Wildman–Crippen MR) is 104 cm³/mol. The van der Waals surface area contributed by atoms with Crippen LogP contribution in [0.5, 0.6) is 5.75 Å². The molecule has 1 aromatic heterocycles. The second-order valence-electron chi connectivity index (χ2n) is 6.78. The standard InChI is InChI=1S/C19H26N4O2S/c1-14-21-22-19(26-14)20-18(24)13-23-11-9-16(10-12-23)4-3-15-5-7-17(25-2)8-6-15/h5-8,16H,3-4,9-13H2,1-2H3,(H,20,22,24). The number of carbonyl (C=O) groups is 1. The van der Waals surface area contributed by atoms with Crippen molar-refractivity contribution in [2.75, 3.05) is 32.1 Å². The highest BCUT2D eigenvalue weighted by Gasteiger charge is 2.21. The topological polar surface area (TPSA) is 67.3 Å². The first kappa shape index (κ1) is 18.8. The molecular formula is C19H26N4O2S. The monoisotopic (exact) mass is 374 g/mol. The minimum Gasteiger partial charge on any atom is -0.497 e. The predicted octanol–water partition coefficient (Wildman–Crippen LogP) is 3.14. The Hall–Kier alpha value is -1.99. The summed E-state index contributed by atoms with van der Waals surface area (Å²) in [5.41, 5.74) is 1.36. The first-order chi connectivity index (χ1) is 12.6. The number of aryl methyl sites for hydroxylation is 2. The van der Waals surface area contributed by atoms with Crippen LogP contribution >= 0.6 is 11.3 Å². The van der Waals surface area contributed by atoms with E-state index in [-0.39, 0.29) is 5.91 Å². The molecule has 1 amide bonds. The first-order valence-corrected chi connectivity index (χ1v) is 9.89. The molecule has 0 saturated carbocycles. The van der Waals surface area contributed by atoms with Crippen LogP contribution in [-0.2, 0) is 11.2 Å². The summed E-state index contributed by atoms with van der Waals surface area (Å²) >= 11 is 1.40. The summed E-state index contributed by atoms with van der Waals surface area (Å²) < 4.78 is 5.20. The van der Waals surface area contributed by atoms with Crippen molar-refractivity contribution < 1.29 is 9.53 Å². The van der Waals surface area contributed by atoms with E-state index in [1.165, 1.54) is 23.3 Å². The summed E-state index contributed by atoms with van der Waals surface area (Å²) in [4.78, 5) is 14.3. The summed E-state index contributed by atoms with van der Waals surface area (Å²) in [6.45, 7) is 4.28. The van der Waals surface area contributed by atoms with Crippen molar-refractivity contribution in [1.29, 1.82) is 0 Å². The quantitative estimate of drug-likeness (QED) is 0.806. The van der Waals surface area contributed by atoms with Crippen LogP contribution in [0.25, 0.3) is 0 Å². The van der Waals surface area contributed by atoms with Crippen molar-refractivity contribution >= 4 is 22.4 Å². The van der Waals surface area contributed by atoms with Crippen LogP contribution in [0.3, 0.4) is 0 Å². The Balaban J connectivity index is 1.36. The Morgan fingerprint density at radius 3 is 2.62 bits per heavy atom. The maximum absolute atomic E-state index is 12.1. The molecule has 1 aliphatic heterocycles. The van der Waals surface area contributed by atoms with Gasteiger partial charge in [-0.05, 0) is 69.3 Å². The van der Waals surface area contributed by atoms with E-state index in [1.807, 2.05) is 19.1 Å². The number of nitrogens with one attached hydrogen (secondary N) is 1. The fourth-order valence-corrected chi connectivity index (χ4v) is 3.91. The van der Waals surface area contributed by atoms with Crippen LogP contribution in [0.15, 0.2) is 24.3 Å². The number of hydrogen-bond donors (Lipinski definition) is 1. The highest BCUT2D eigenvalue weighted by atomic mass is 32.1. The molecule has 140 valence electrons. The number of nitrogens with zero attached hydrogens (tertiary/aromatic N) is 3. The van der Waals surface area contributed by atoms with Gasteiger partial charge >= 0.3 is 0 Å². The number of benzene rings is 1.